The van der Waals surface area contributed by atoms with Crippen LogP contribution in [0.3, 0.4) is 0 Å². The summed E-state index contributed by atoms with van der Waals surface area (Å²) in [5, 5.41) is 3.01. The molecule has 3 rings (SSSR count). The molecule has 1 aliphatic rings. The van der Waals surface area contributed by atoms with E-state index in [1.165, 1.54) is 19.3 Å². The first-order chi connectivity index (χ1) is 9.65. The molecule has 1 aliphatic heterocycles. The molecule has 0 aliphatic carbocycles. The molecule has 2 N–H and O–H groups in total. The number of nitrogens with two attached hydrogens (primary N) is 1. The van der Waals surface area contributed by atoms with Gasteiger partial charge in [-0.3, -0.25) is 4.90 Å². The minimum absolute atomic E-state index is 0.499. The fraction of sp³-hybridized carbons (Fsp3) is 0.600. The van der Waals surface area contributed by atoms with Crippen molar-refractivity contribution < 1.29 is 0 Å². The zero-order valence-corrected chi connectivity index (χ0v) is 13.0. The van der Waals surface area contributed by atoms with Crippen molar-refractivity contribution in [1.82, 2.24) is 14.9 Å². The summed E-state index contributed by atoms with van der Waals surface area (Å²) in [6.45, 7) is 7.73. The van der Waals surface area contributed by atoms with E-state index in [0.717, 1.165) is 35.7 Å². The Kier molecular flexibility index (Phi) is 3.65. The first-order valence-electron chi connectivity index (χ1n) is 7.38. The van der Waals surface area contributed by atoms with Crippen LogP contribution in [0.5, 0.6) is 0 Å². The van der Waals surface area contributed by atoms with E-state index in [2.05, 4.69) is 28.7 Å². The highest BCUT2D eigenvalue weighted by atomic mass is 32.1. The highest BCUT2D eigenvalue weighted by molar-refractivity contribution is 7.16. The van der Waals surface area contributed by atoms with Gasteiger partial charge in [0.1, 0.15) is 16.5 Å². The second-order valence-corrected chi connectivity index (χ2v) is 6.73. The number of hydrogen-bond donors (Lipinski definition) is 1. The van der Waals surface area contributed by atoms with Gasteiger partial charge in [0.2, 0.25) is 0 Å². The van der Waals surface area contributed by atoms with E-state index in [1.807, 2.05) is 11.4 Å². The smallest absolute Gasteiger partial charge is 0.146 e. The fourth-order valence-electron chi connectivity index (χ4n) is 3.18. The number of likely N-dealkylation sites (tertiary alicyclic amines) is 1. The second kappa shape index (κ2) is 5.30. The number of hydrogen-bond acceptors (Lipinski definition) is 5. The third-order valence-corrected chi connectivity index (χ3v) is 5.59. The SMILES string of the molecule is CCC1(CC)CCN(Cc2nc(N)c3ccsc3n2)C1. The lowest BCUT2D eigenvalue weighted by Crippen LogP contribution is -2.26. The maximum absolute atomic E-state index is 6.02. The second-order valence-electron chi connectivity index (χ2n) is 5.83. The predicted molar refractivity (Wildman–Crippen MR) is 84.7 cm³/mol. The molecule has 2 aromatic heterocycles. The van der Waals surface area contributed by atoms with Gasteiger partial charge in [-0.15, -0.1) is 11.3 Å². The molecular formula is C15H22N4S. The van der Waals surface area contributed by atoms with Crippen molar-refractivity contribution in [3.8, 4) is 0 Å². The van der Waals surface area contributed by atoms with Crippen LogP contribution < -0.4 is 5.73 Å². The number of thiophene rings is 1. The lowest BCUT2D eigenvalue weighted by Gasteiger charge is -2.26. The van der Waals surface area contributed by atoms with Crippen LogP contribution in [0.25, 0.3) is 10.2 Å². The topological polar surface area (TPSA) is 55.0 Å². The maximum Gasteiger partial charge on any atom is 0.146 e. The van der Waals surface area contributed by atoms with Gasteiger partial charge in [-0.25, -0.2) is 9.97 Å². The molecule has 2 aromatic rings. The highest BCUT2D eigenvalue weighted by Gasteiger charge is 2.35. The predicted octanol–water partition coefficient (Wildman–Crippen LogP) is 3.29. The molecule has 5 heteroatoms. The summed E-state index contributed by atoms with van der Waals surface area (Å²) in [6.07, 6.45) is 3.80. The Bertz CT molecular complexity index is 603. The van der Waals surface area contributed by atoms with Gasteiger partial charge in [-0.2, -0.15) is 0 Å². The van der Waals surface area contributed by atoms with Crippen molar-refractivity contribution >= 4 is 27.4 Å². The fourth-order valence-corrected chi connectivity index (χ4v) is 3.98. The molecule has 20 heavy (non-hydrogen) atoms. The first-order valence-corrected chi connectivity index (χ1v) is 8.26. The normalized spacial score (nSPS) is 18.9. The Hall–Kier alpha value is -1.20. The third-order valence-electron chi connectivity index (χ3n) is 4.78. The standard InChI is InChI=1S/C15H22N4S/c1-3-15(4-2)6-7-19(10-15)9-12-17-13(16)11-5-8-20-14(11)18-12/h5,8H,3-4,6-7,9-10H2,1-2H3,(H2,16,17,18). The number of nitrogen functional groups attached to an aromatic ring is 1. The molecule has 1 fully saturated rings. The molecule has 0 amide bonds. The lowest BCUT2D eigenvalue weighted by atomic mass is 9.82. The van der Waals surface area contributed by atoms with Crippen LogP contribution in [0.15, 0.2) is 11.4 Å². The molecule has 0 aromatic carbocycles. The largest absolute Gasteiger partial charge is 0.383 e. The molecule has 0 bridgehead atoms. The summed E-state index contributed by atoms with van der Waals surface area (Å²) in [5.41, 5.74) is 6.52. The monoisotopic (exact) mass is 290 g/mol. The zero-order valence-electron chi connectivity index (χ0n) is 12.2. The quantitative estimate of drug-likeness (QED) is 0.939. The van der Waals surface area contributed by atoms with Crippen LogP contribution in [0.4, 0.5) is 5.82 Å². The Morgan fingerprint density at radius 3 is 2.85 bits per heavy atom. The van der Waals surface area contributed by atoms with Crippen molar-refractivity contribution in [3.63, 3.8) is 0 Å². The summed E-state index contributed by atoms with van der Waals surface area (Å²) in [5.74, 6) is 1.48. The summed E-state index contributed by atoms with van der Waals surface area (Å²) in [6, 6.07) is 1.99. The van der Waals surface area contributed by atoms with E-state index in [0.29, 0.717) is 11.2 Å². The van der Waals surface area contributed by atoms with Gasteiger partial charge in [0.05, 0.1) is 11.9 Å². The maximum atomic E-state index is 6.02. The van der Waals surface area contributed by atoms with Crippen molar-refractivity contribution in [2.75, 3.05) is 18.8 Å². The van der Waals surface area contributed by atoms with Gasteiger partial charge >= 0.3 is 0 Å². The molecule has 0 unspecified atom stereocenters. The summed E-state index contributed by atoms with van der Waals surface area (Å²) in [7, 11) is 0. The minimum atomic E-state index is 0.499. The molecule has 0 atom stereocenters. The third kappa shape index (κ3) is 2.40. The Morgan fingerprint density at radius 2 is 2.15 bits per heavy atom. The molecule has 3 heterocycles. The molecular weight excluding hydrogens is 268 g/mol. The van der Waals surface area contributed by atoms with Gasteiger partial charge in [0, 0.05) is 6.54 Å². The summed E-state index contributed by atoms with van der Waals surface area (Å²) in [4.78, 5) is 12.6. The van der Waals surface area contributed by atoms with E-state index in [1.54, 1.807) is 11.3 Å². The Morgan fingerprint density at radius 1 is 1.35 bits per heavy atom. The summed E-state index contributed by atoms with van der Waals surface area (Å²) < 4.78 is 0. The van der Waals surface area contributed by atoms with Crippen LogP contribution in [0.2, 0.25) is 0 Å². The number of rotatable bonds is 4. The van der Waals surface area contributed by atoms with Crippen molar-refractivity contribution in [1.29, 1.82) is 0 Å². The average Bonchev–Trinajstić information content (AvgIpc) is 3.06. The van der Waals surface area contributed by atoms with E-state index in [4.69, 9.17) is 5.73 Å². The molecule has 1 saturated heterocycles. The number of fused-ring (bicyclic) bond motifs is 1. The van der Waals surface area contributed by atoms with E-state index in [9.17, 15) is 0 Å². The van der Waals surface area contributed by atoms with Crippen molar-refractivity contribution in [2.24, 2.45) is 5.41 Å². The van der Waals surface area contributed by atoms with Gasteiger partial charge in [-0.1, -0.05) is 13.8 Å². The first kappa shape index (κ1) is 13.8. The highest BCUT2D eigenvalue weighted by Crippen LogP contribution is 2.37. The minimum Gasteiger partial charge on any atom is -0.383 e. The Balaban J connectivity index is 1.77. The van der Waals surface area contributed by atoms with Crippen molar-refractivity contribution in [2.45, 2.75) is 39.7 Å². The van der Waals surface area contributed by atoms with Crippen LogP contribution in [-0.2, 0) is 6.54 Å². The summed E-state index contributed by atoms with van der Waals surface area (Å²) >= 11 is 1.63. The zero-order chi connectivity index (χ0) is 14.2. The van der Waals surface area contributed by atoms with Crippen molar-refractivity contribution in [3.05, 3.63) is 17.3 Å². The van der Waals surface area contributed by atoms with E-state index in [-0.39, 0.29) is 0 Å². The number of aromatic nitrogens is 2. The van der Waals surface area contributed by atoms with Gasteiger partial charge in [0.15, 0.2) is 0 Å². The number of anilines is 1. The van der Waals surface area contributed by atoms with Crippen LogP contribution in [0.1, 0.15) is 38.9 Å². The lowest BCUT2D eigenvalue weighted by molar-refractivity contribution is 0.233. The van der Waals surface area contributed by atoms with Crippen LogP contribution in [0, 0.1) is 5.41 Å². The van der Waals surface area contributed by atoms with Crippen LogP contribution >= 0.6 is 11.3 Å². The van der Waals surface area contributed by atoms with E-state index < -0.39 is 0 Å². The molecule has 0 saturated carbocycles. The Labute approximate surface area is 124 Å². The van der Waals surface area contributed by atoms with Gasteiger partial charge in [0.25, 0.3) is 0 Å². The number of nitrogens with zero attached hydrogens (tertiary/aromatic N) is 3. The molecule has 4 nitrogen and oxygen atoms in total. The molecule has 0 radical (unpaired) electrons. The van der Waals surface area contributed by atoms with E-state index >= 15 is 0 Å². The van der Waals surface area contributed by atoms with Crippen LogP contribution in [-0.4, -0.2) is 28.0 Å². The molecule has 108 valence electrons. The molecule has 0 spiro atoms. The average molecular weight is 290 g/mol. The van der Waals surface area contributed by atoms with Gasteiger partial charge in [-0.05, 0) is 42.7 Å². The van der Waals surface area contributed by atoms with Gasteiger partial charge < -0.3 is 5.73 Å².